The topological polar surface area (TPSA) is 44.8 Å². The van der Waals surface area contributed by atoms with Crippen molar-refractivity contribution in [2.24, 2.45) is 11.3 Å². The van der Waals surface area contributed by atoms with Crippen LogP contribution in [0.15, 0.2) is 0 Å². The Balaban J connectivity index is 1.45. The van der Waals surface area contributed by atoms with Crippen molar-refractivity contribution in [2.75, 3.05) is 6.61 Å². The number of carbonyl (C=O) groups is 1. The zero-order valence-electron chi connectivity index (χ0n) is 10.6. The van der Waals surface area contributed by atoms with Gasteiger partial charge < -0.3 is 14.2 Å². The third-order valence-corrected chi connectivity index (χ3v) is 5.23. The fourth-order valence-electron chi connectivity index (χ4n) is 4.11. The molecular formula is C14H20O4. The predicted octanol–water partition coefficient (Wildman–Crippen LogP) is 2.01. The summed E-state index contributed by atoms with van der Waals surface area (Å²) >= 11 is 0. The molecule has 0 aromatic heterocycles. The van der Waals surface area contributed by atoms with E-state index < -0.39 is 0 Å². The Hall–Kier alpha value is -0.610. The van der Waals surface area contributed by atoms with Gasteiger partial charge in [-0.25, -0.2) is 0 Å². The van der Waals surface area contributed by atoms with Crippen LogP contribution in [0.25, 0.3) is 0 Å². The Bertz CT molecular complexity index is 357. The molecule has 4 heteroatoms. The predicted molar refractivity (Wildman–Crippen MR) is 62.7 cm³/mol. The fraction of sp³-hybridized carbons (Fsp3) is 0.929. The average molecular weight is 252 g/mol. The lowest BCUT2D eigenvalue weighted by Crippen LogP contribution is -2.32. The highest BCUT2D eigenvalue weighted by molar-refractivity contribution is 5.72. The number of carbonyl (C=O) groups excluding carboxylic acids is 1. The molecule has 4 nitrogen and oxygen atoms in total. The third kappa shape index (κ3) is 1.62. The molecule has 4 rings (SSSR count). The van der Waals surface area contributed by atoms with E-state index in [0.29, 0.717) is 12.3 Å². The van der Waals surface area contributed by atoms with E-state index in [-0.39, 0.29) is 29.9 Å². The number of hydrogen-bond donors (Lipinski definition) is 0. The minimum Gasteiger partial charge on any atom is -0.462 e. The molecule has 100 valence electrons. The number of rotatable bonds is 2. The van der Waals surface area contributed by atoms with Gasteiger partial charge in [0.25, 0.3) is 0 Å². The van der Waals surface area contributed by atoms with Gasteiger partial charge in [0, 0.05) is 24.4 Å². The number of hydrogen-bond acceptors (Lipinski definition) is 4. The van der Waals surface area contributed by atoms with Gasteiger partial charge in [0.1, 0.15) is 6.10 Å². The number of esters is 1. The fourth-order valence-corrected chi connectivity index (χ4v) is 4.11. The van der Waals surface area contributed by atoms with Crippen molar-refractivity contribution in [3.63, 3.8) is 0 Å². The van der Waals surface area contributed by atoms with E-state index in [0.717, 1.165) is 25.9 Å². The lowest BCUT2D eigenvalue weighted by atomic mass is 9.89. The molecule has 0 aromatic carbocycles. The van der Waals surface area contributed by atoms with Crippen LogP contribution in [0.4, 0.5) is 0 Å². The summed E-state index contributed by atoms with van der Waals surface area (Å²) in [5.41, 5.74) is 0.248. The van der Waals surface area contributed by atoms with Crippen LogP contribution < -0.4 is 0 Å². The lowest BCUT2D eigenvalue weighted by molar-refractivity contribution is -0.200. The van der Waals surface area contributed by atoms with E-state index in [1.807, 2.05) is 0 Å². The largest absolute Gasteiger partial charge is 0.462 e. The molecule has 0 amide bonds. The van der Waals surface area contributed by atoms with Crippen LogP contribution in [0, 0.1) is 11.3 Å². The maximum Gasteiger partial charge on any atom is 0.306 e. The van der Waals surface area contributed by atoms with Gasteiger partial charge in [-0.1, -0.05) is 0 Å². The van der Waals surface area contributed by atoms with Gasteiger partial charge in [0.05, 0.1) is 12.5 Å². The molecule has 4 unspecified atom stereocenters. The van der Waals surface area contributed by atoms with Crippen molar-refractivity contribution >= 4 is 5.97 Å². The second kappa shape index (κ2) is 3.94. The first kappa shape index (κ1) is 11.2. The first-order valence-electron chi connectivity index (χ1n) is 7.24. The van der Waals surface area contributed by atoms with Crippen LogP contribution in [-0.4, -0.2) is 31.1 Å². The number of fused-ring (bicyclic) bond motifs is 2. The minimum atomic E-state index is -0.0178. The normalized spacial score (nSPS) is 45.0. The van der Waals surface area contributed by atoms with E-state index >= 15 is 0 Å². The zero-order valence-corrected chi connectivity index (χ0v) is 10.6. The maximum absolute atomic E-state index is 11.4. The van der Waals surface area contributed by atoms with Crippen molar-refractivity contribution in [2.45, 2.75) is 63.4 Å². The molecule has 0 bridgehead atoms. The van der Waals surface area contributed by atoms with E-state index in [1.54, 1.807) is 0 Å². The summed E-state index contributed by atoms with van der Waals surface area (Å²) in [5, 5.41) is 0. The van der Waals surface area contributed by atoms with Crippen molar-refractivity contribution in [1.29, 1.82) is 0 Å². The SMILES string of the molecule is O=C1CC2C(CC(OC3CCCCO3)C23CC3)O1. The van der Waals surface area contributed by atoms with Crippen LogP contribution >= 0.6 is 0 Å². The number of ether oxygens (including phenoxy) is 3. The van der Waals surface area contributed by atoms with Gasteiger partial charge >= 0.3 is 5.97 Å². The van der Waals surface area contributed by atoms with Crippen molar-refractivity contribution < 1.29 is 19.0 Å². The highest BCUT2D eigenvalue weighted by Gasteiger charge is 2.66. The van der Waals surface area contributed by atoms with Gasteiger partial charge in [-0.15, -0.1) is 0 Å². The van der Waals surface area contributed by atoms with Crippen LogP contribution in [0.5, 0.6) is 0 Å². The molecule has 4 fully saturated rings. The molecule has 4 atom stereocenters. The summed E-state index contributed by atoms with van der Waals surface area (Å²) in [6, 6.07) is 0. The van der Waals surface area contributed by atoms with Crippen molar-refractivity contribution in [1.82, 2.24) is 0 Å². The summed E-state index contributed by atoms with van der Waals surface area (Å²) < 4.78 is 17.3. The molecule has 0 radical (unpaired) electrons. The molecule has 2 saturated carbocycles. The molecule has 0 aromatic rings. The van der Waals surface area contributed by atoms with Crippen molar-refractivity contribution in [3.05, 3.63) is 0 Å². The highest BCUT2D eigenvalue weighted by atomic mass is 16.7. The summed E-state index contributed by atoms with van der Waals surface area (Å²) in [6.45, 7) is 0.826. The van der Waals surface area contributed by atoms with Gasteiger partial charge in [0.15, 0.2) is 6.29 Å². The first-order valence-corrected chi connectivity index (χ1v) is 7.24. The quantitative estimate of drug-likeness (QED) is 0.705. The maximum atomic E-state index is 11.4. The molecule has 2 aliphatic carbocycles. The summed E-state index contributed by atoms with van der Waals surface area (Å²) in [7, 11) is 0. The average Bonchev–Trinajstić information content (AvgIpc) is 3.03. The summed E-state index contributed by atoms with van der Waals surface area (Å²) in [4.78, 5) is 11.4. The van der Waals surface area contributed by atoms with Crippen LogP contribution in [0.2, 0.25) is 0 Å². The monoisotopic (exact) mass is 252 g/mol. The van der Waals surface area contributed by atoms with E-state index in [9.17, 15) is 4.79 Å². The highest BCUT2D eigenvalue weighted by Crippen LogP contribution is 2.65. The minimum absolute atomic E-state index is 0.0105. The first-order chi connectivity index (χ1) is 8.78. The van der Waals surface area contributed by atoms with Crippen LogP contribution in [-0.2, 0) is 19.0 Å². The van der Waals surface area contributed by atoms with Gasteiger partial charge in [0.2, 0.25) is 0 Å². The van der Waals surface area contributed by atoms with Gasteiger partial charge in [-0.05, 0) is 32.1 Å². The molecule has 4 aliphatic rings. The zero-order chi connectivity index (χ0) is 12.2. The molecular weight excluding hydrogens is 232 g/mol. The van der Waals surface area contributed by atoms with Crippen molar-refractivity contribution in [3.8, 4) is 0 Å². The molecule has 2 heterocycles. The van der Waals surface area contributed by atoms with E-state index in [2.05, 4.69) is 0 Å². The Morgan fingerprint density at radius 3 is 2.89 bits per heavy atom. The Morgan fingerprint density at radius 1 is 1.28 bits per heavy atom. The van der Waals surface area contributed by atoms with Crippen LogP contribution in [0.3, 0.4) is 0 Å². The van der Waals surface area contributed by atoms with Gasteiger partial charge in [-0.2, -0.15) is 0 Å². The standard InChI is InChI=1S/C14H20O4/c15-12-7-9-10(17-12)8-11(14(9)4-5-14)18-13-3-1-2-6-16-13/h9-11,13H,1-8H2. The third-order valence-electron chi connectivity index (χ3n) is 5.23. The summed E-state index contributed by atoms with van der Waals surface area (Å²) in [5.74, 6) is 0.405. The smallest absolute Gasteiger partial charge is 0.306 e. The van der Waals surface area contributed by atoms with E-state index in [4.69, 9.17) is 14.2 Å². The molecule has 2 aliphatic heterocycles. The second-order valence-electron chi connectivity index (χ2n) is 6.23. The molecule has 0 N–H and O–H groups in total. The molecule has 1 spiro atoms. The molecule has 2 saturated heterocycles. The van der Waals surface area contributed by atoms with E-state index in [1.165, 1.54) is 19.3 Å². The Morgan fingerprint density at radius 2 is 2.17 bits per heavy atom. The Labute approximate surface area is 107 Å². The molecule has 18 heavy (non-hydrogen) atoms. The van der Waals surface area contributed by atoms with Gasteiger partial charge in [-0.3, -0.25) is 4.79 Å². The van der Waals surface area contributed by atoms with Crippen LogP contribution in [0.1, 0.15) is 44.9 Å². The second-order valence-corrected chi connectivity index (χ2v) is 6.23. The summed E-state index contributed by atoms with van der Waals surface area (Å²) in [6.07, 6.45) is 7.61. The Kier molecular flexibility index (Phi) is 2.46. The lowest BCUT2D eigenvalue weighted by Gasteiger charge is -2.29.